The maximum atomic E-state index is 9.37. The van der Waals surface area contributed by atoms with Gasteiger partial charge >= 0.3 is 0 Å². The van der Waals surface area contributed by atoms with Gasteiger partial charge in [-0.2, -0.15) is 0 Å². The number of rotatable bonds is 4. The van der Waals surface area contributed by atoms with E-state index in [0.717, 1.165) is 48.4 Å². The van der Waals surface area contributed by atoms with Crippen LogP contribution >= 0.6 is 11.3 Å². The molecule has 0 saturated carbocycles. The van der Waals surface area contributed by atoms with Gasteiger partial charge in [-0.1, -0.05) is 97.1 Å². The molecule has 0 atom stereocenters. The van der Waals surface area contributed by atoms with Crippen molar-refractivity contribution < 1.29 is 5.48 Å². The van der Waals surface area contributed by atoms with Crippen molar-refractivity contribution in [1.82, 2.24) is 19.5 Å². The predicted molar refractivity (Wildman–Crippen MR) is 183 cm³/mol. The van der Waals surface area contributed by atoms with Crippen molar-refractivity contribution in [3.05, 3.63) is 145 Å². The molecule has 4 nitrogen and oxygen atoms in total. The summed E-state index contributed by atoms with van der Waals surface area (Å²) >= 11 is 1.74. The van der Waals surface area contributed by atoms with E-state index in [1.807, 2.05) is 102 Å². The Morgan fingerprint density at radius 2 is 1.02 bits per heavy atom. The molecule has 9 aromatic rings. The van der Waals surface area contributed by atoms with Gasteiger partial charge in [0.05, 0.1) is 16.5 Å². The largest absolute Gasteiger partial charge is 0.309 e. The van der Waals surface area contributed by atoms with Gasteiger partial charge in [0.15, 0.2) is 17.5 Å². The Bertz CT molecular complexity index is 2640. The van der Waals surface area contributed by atoms with Crippen LogP contribution in [0, 0.1) is 0 Å². The summed E-state index contributed by atoms with van der Waals surface area (Å²) < 4.78 is 41.5. The molecule has 0 unspecified atom stereocenters. The Kier molecular flexibility index (Phi) is 4.78. The fraction of sp³-hybridized carbons (Fsp3) is 0. The zero-order valence-corrected chi connectivity index (χ0v) is 24.1. The van der Waals surface area contributed by atoms with Crippen LogP contribution in [0.25, 0.3) is 81.8 Å². The van der Waals surface area contributed by atoms with E-state index in [1.165, 1.54) is 4.70 Å². The average Bonchev–Trinajstić information content (AvgIpc) is 3.65. The first-order valence-corrected chi connectivity index (χ1v) is 15.1. The van der Waals surface area contributed by atoms with Gasteiger partial charge in [0, 0.05) is 53.3 Å². The number of hydrogen-bond donors (Lipinski definition) is 0. The highest BCUT2D eigenvalue weighted by atomic mass is 32.1. The highest BCUT2D eigenvalue weighted by molar-refractivity contribution is 7.25. The van der Waals surface area contributed by atoms with Crippen molar-refractivity contribution >= 4 is 53.3 Å². The normalized spacial score (nSPS) is 12.9. The molecule has 0 aliphatic heterocycles. The number of aromatic nitrogens is 4. The Morgan fingerprint density at radius 1 is 0.455 bits per heavy atom. The molecule has 6 aromatic carbocycles. The molecule has 3 aromatic heterocycles. The Balaban J connectivity index is 1.32. The van der Waals surface area contributed by atoms with Crippen LogP contribution in [0.15, 0.2) is 145 Å². The molecule has 0 aliphatic rings. The molecule has 44 heavy (non-hydrogen) atoms. The van der Waals surface area contributed by atoms with Crippen molar-refractivity contribution in [2.45, 2.75) is 0 Å². The van der Waals surface area contributed by atoms with Gasteiger partial charge in [0.25, 0.3) is 0 Å². The third-order valence-corrected chi connectivity index (χ3v) is 9.06. The number of thiophene rings is 1. The predicted octanol–water partition coefficient (Wildman–Crippen LogP) is 10.3. The topological polar surface area (TPSA) is 43.6 Å². The van der Waals surface area contributed by atoms with E-state index >= 15 is 0 Å². The highest BCUT2D eigenvalue weighted by Crippen LogP contribution is 2.40. The molecule has 0 spiro atoms. The van der Waals surface area contributed by atoms with Crippen LogP contribution in [0.2, 0.25) is 0 Å². The van der Waals surface area contributed by atoms with Crippen molar-refractivity contribution in [2.75, 3.05) is 0 Å². The van der Waals surface area contributed by atoms with E-state index in [1.54, 1.807) is 11.3 Å². The molecule has 0 fully saturated rings. The van der Waals surface area contributed by atoms with E-state index < -0.39 is 0 Å². The first-order valence-electron chi connectivity index (χ1n) is 16.3. The highest BCUT2D eigenvalue weighted by Gasteiger charge is 2.16. The van der Waals surface area contributed by atoms with Crippen LogP contribution in [0.1, 0.15) is 5.48 Å². The minimum Gasteiger partial charge on any atom is -0.309 e. The summed E-state index contributed by atoms with van der Waals surface area (Å²) in [5.74, 6) is 0.851. The number of nitrogens with zero attached hydrogens (tertiary/aromatic N) is 4. The maximum Gasteiger partial charge on any atom is 0.164 e. The lowest BCUT2D eigenvalue weighted by Crippen LogP contribution is -2.00. The molecule has 5 heteroatoms. The summed E-state index contributed by atoms with van der Waals surface area (Å²) in [6.45, 7) is 0. The first-order chi connectivity index (χ1) is 23.5. The van der Waals surface area contributed by atoms with Gasteiger partial charge in [-0.15, -0.1) is 11.3 Å². The molecule has 0 N–H and O–H groups in total. The Hall–Kier alpha value is -5.65. The molecular weight excluding hydrogens is 557 g/mol. The SMILES string of the molecule is [2H]c1c([2H])c(-n2c3ccccc3c3cc4sc5ccccc5c4cc32)c([2H])c([2H])c1-c1nc(-c2ccccc2)nc(-c2ccccc2)n1. The van der Waals surface area contributed by atoms with Gasteiger partial charge in [0.2, 0.25) is 0 Å². The zero-order chi connectivity index (χ0) is 32.5. The van der Waals surface area contributed by atoms with Crippen LogP contribution in [0.3, 0.4) is 0 Å². The average molecular weight is 585 g/mol. The van der Waals surface area contributed by atoms with E-state index in [-0.39, 0.29) is 41.2 Å². The lowest BCUT2D eigenvalue weighted by Gasteiger charge is -2.11. The van der Waals surface area contributed by atoms with Gasteiger partial charge in [-0.3, -0.25) is 0 Å². The fourth-order valence-corrected chi connectivity index (χ4v) is 7.00. The van der Waals surface area contributed by atoms with Gasteiger partial charge < -0.3 is 4.57 Å². The second-order valence-electron chi connectivity index (χ2n) is 10.6. The summed E-state index contributed by atoms with van der Waals surface area (Å²) in [4.78, 5) is 14.2. The van der Waals surface area contributed by atoms with Crippen molar-refractivity contribution in [3.63, 3.8) is 0 Å². The lowest BCUT2D eigenvalue weighted by atomic mass is 10.1. The molecule has 0 radical (unpaired) electrons. The zero-order valence-electron chi connectivity index (χ0n) is 27.2. The molecule has 0 amide bonds. The minimum absolute atomic E-state index is 0.0255. The maximum absolute atomic E-state index is 9.37. The Morgan fingerprint density at radius 3 is 1.70 bits per heavy atom. The van der Waals surface area contributed by atoms with E-state index in [9.17, 15) is 5.48 Å². The minimum atomic E-state index is -0.219. The summed E-state index contributed by atoms with van der Waals surface area (Å²) in [5, 5.41) is 4.20. The number of hydrogen-bond acceptors (Lipinski definition) is 4. The smallest absolute Gasteiger partial charge is 0.164 e. The molecule has 0 bridgehead atoms. The first kappa shape index (κ1) is 21.1. The second-order valence-corrected chi connectivity index (χ2v) is 11.7. The van der Waals surface area contributed by atoms with E-state index in [4.69, 9.17) is 15.0 Å². The summed E-state index contributed by atoms with van der Waals surface area (Å²) in [6.07, 6.45) is 0. The molecule has 0 aliphatic carbocycles. The quantitative estimate of drug-likeness (QED) is 0.207. The summed E-state index contributed by atoms with van der Waals surface area (Å²) in [7, 11) is 0. The molecule has 9 rings (SSSR count). The van der Waals surface area contributed by atoms with Crippen LogP contribution in [-0.2, 0) is 0 Å². The van der Waals surface area contributed by atoms with E-state index in [2.05, 4.69) is 24.3 Å². The summed E-state index contributed by atoms with van der Waals surface area (Å²) in [6, 6.07) is 38.7. The van der Waals surface area contributed by atoms with Crippen molar-refractivity contribution in [3.8, 4) is 39.9 Å². The third-order valence-electron chi connectivity index (χ3n) is 7.93. The van der Waals surface area contributed by atoms with Gasteiger partial charge in [-0.05, 0) is 48.4 Å². The molecular formula is C39H24N4S. The third kappa shape index (κ3) is 4.02. The number of fused-ring (bicyclic) bond motifs is 6. The van der Waals surface area contributed by atoms with Crippen LogP contribution < -0.4 is 0 Å². The fourth-order valence-electron chi connectivity index (χ4n) is 5.88. The number of benzene rings is 6. The van der Waals surface area contributed by atoms with Crippen molar-refractivity contribution in [1.29, 1.82) is 0 Å². The van der Waals surface area contributed by atoms with Gasteiger partial charge in [0.1, 0.15) is 0 Å². The molecule has 206 valence electrons. The van der Waals surface area contributed by atoms with E-state index in [0.29, 0.717) is 11.6 Å². The number of para-hydroxylation sites is 1. The van der Waals surface area contributed by atoms with Crippen LogP contribution in [0.4, 0.5) is 0 Å². The van der Waals surface area contributed by atoms with Crippen molar-refractivity contribution in [2.24, 2.45) is 0 Å². The molecule has 0 saturated heterocycles. The lowest BCUT2D eigenvalue weighted by molar-refractivity contribution is 1.07. The summed E-state index contributed by atoms with van der Waals surface area (Å²) in [5.41, 5.74) is 3.34. The van der Waals surface area contributed by atoms with Gasteiger partial charge in [-0.25, -0.2) is 15.0 Å². The van der Waals surface area contributed by atoms with Crippen LogP contribution in [0.5, 0.6) is 0 Å². The monoisotopic (exact) mass is 584 g/mol. The second kappa shape index (κ2) is 9.97. The van der Waals surface area contributed by atoms with Crippen LogP contribution in [-0.4, -0.2) is 19.5 Å². The standard InChI is InChI=1S/C39H24N4S/c1-3-11-25(12-4-1)37-40-38(26-13-5-2-6-14-26)42-39(41-37)27-19-21-28(22-20-27)43-33-17-9-7-15-29(33)31-24-36-32(23-34(31)43)30-16-8-10-18-35(30)44-36/h1-24H/i19D,20D,21D,22D. The molecule has 3 heterocycles. The Labute approximate surface area is 263 Å².